The van der Waals surface area contributed by atoms with Gasteiger partial charge in [-0.3, -0.25) is 0 Å². The molecular weight excluding hydrogens is 274 g/mol. The predicted octanol–water partition coefficient (Wildman–Crippen LogP) is 1.81. The van der Waals surface area contributed by atoms with Crippen molar-refractivity contribution in [3.63, 3.8) is 0 Å². The molecule has 3 heterocycles. The van der Waals surface area contributed by atoms with E-state index in [1.165, 1.54) is 0 Å². The molecule has 0 bridgehead atoms. The van der Waals surface area contributed by atoms with Crippen LogP contribution >= 0.6 is 11.6 Å². The molecule has 1 aliphatic rings. The number of anilines is 1. The van der Waals surface area contributed by atoms with Crippen LogP contribution in [0.3, 0.4) is 0 Å². The first-order chi connectivity index (χ1) is 9.79. The van der Waals surface area contributed by atoms with Crippen LogP contribution in [0.25, 0.3) is 5.69 Å². The molecule has 1 aliphatic heterocycles. The van der Waals surface area contributed by atoms with E-state index in [0.717, 1.165) is 37.7 Å². The van der Waals surface area contributed by atoms with Crippen molar-refractivity contribution in [3.05, 3.63) is 41.3 Å². The highest BCUT2D eigenvalue weighted by Gasteiger charge is 2.19. The first-order valence-corrected chi connectivity index (χ1v) is 6.86. The summed E-state index contributed by atoms with van der Waals surface area (Å²) in [4.78, 5) is 6.22. The highest BCUT2D eigenvalue weighted by atomic mass is 35.5. The normalized spacial score (nSPS) is 15.1. The summed E-state index contributed by atoms with van der Waals surface area (Å²) in [6.45, 7) is 3.62. The minimum absolute atomic E-state index is 0.445. The zero-order valence-corrected chi connectivity index (χ0v) is 11.6. The van der Waals surface area contributed by atoms with Crippen LogP contribution in [0.1, 0.15) is 5.56 Å². The van der Waals surface area contributed by atoms with E-state index in [2.05, 4.69) is 21.3 Å². The molecule has 1 saturated heterocycles. The number of hydrogen-bond acceptors (Lipinski definition) is 4. The second kappa shape index (κ2) is 5.53. The fourth-order valence-corrected chi connectivity index (χ4v) is 2.63. The quantitative estimate of drug-likeness (QED) is 0.856. The lowest BCUT2D eigenvalue weighted by atomic mass is 10.3. The molecule has 20 heavy (non-hydrogen) atoms. The molecular formula is C14H14ClN5. The lowest BCUT2D eigenvalue weighted by Gasteiger charge is -2.30. The average Bonchev–Trinajstić information content (AvgIpc) is 2.92. The molecule has 3 rings (SSSR count). The lowest BCUT2D eigenvalue weighted by molar-refractivity contribution is 0.582. The maximum Gasteiger partial charge on any atom is 0.131 e. The van der Waals surface area contributed by atoms with Crippen LogP contribution in [-0.2, 0) is 0 Å². The summed E-state index contributed by atoms with van der Waals surface area (Å²) >= 11 is 5.96. The van der Waals surface area contributed by atoms with Crippen LogP contribution < -0.4 is 10.2 Å². The SMILES string of the molecule is N#Cc1ccn(-c2ccnc(Cl)c2)c1N1CCNCC1. The topological polar surface area (TPSA) is 56.9 Å². The summed E-state index contributed by atoms with van der Waals surface area (Å²) in [5.41, 5.74) is 1.60. The van der Waals surface area contributed by atoms with Gasteiger partial charge in [0.1, 0.15) is 17.0 Å². The van der Waals surface area contributed by atoms with Crippen LogP contribution in [0.5, 0.6) is 0 Å². The number of aromatic nitrogens is 2. The Morgan fingerprint density at radius 3 is 2.80 bits per heavy atom. The molecule has 0 aliphatic carbocycles. The maximum atomic E-state index is 9.32. The van der Waals surface area contributed by atoms with E-state index in [1.54, 1.807) is 12.3 Å². The van der Waals surface area contributed by atoms with Gasteiger partial charge in [-0.15, -0.1) is 0 Å². The van der Waals surface area contributed by atoms with Gasteiger partial charge in [-0.1, -0.05) is 11.6 Å². The molecule has 0 atom stereocenters. The highest BCUT2D eigenvalue weighted by Crippen LogP contribution is 2.26. The number of halogens is 1. The van der Waals surface area contributed by atoms with Gasteiger partial charge < -0.3 is 14.8 Å². The molecule has 0 amide bonds. The summed E-state index contributed by atoms with van der Waals surface area (Å²) in [6, 6.07) is 7.79. The van der Waals surface area contributed by atoms with Crippen molar-refractivity contribution in [3.8, 4) is 11.8 Å². The number of nitriles is 1. The van der Waals surface area contributed by atoms with Crippen molar-refractivity contribution in [2.75, 3.05) is 31.1 Å². The number of nitrogens with one attached hydrogen (secondary N) is 1. The van der Waals surface area contributed by atoms with Crippen molar-refractivity contribution < 1.29 is 0 Å². The second-order valence-corrected chi connectivity index (χ2v) is 5.00. The number of pyridine rings is 1. The summed E-state index contributed by atoms with van der Waals surface area (Å²) < 4.78 is 2.00. The average molecular weight is 288 g/mol. The largest absolute Gasteiger partial charge is 0.354 e. The van der Waals surface area contributed by atoms with E-state index < -0.39 is 0 Å². The fraction of sp³-hybridized carbons (Fsp3) is 0.286. The molecule has 0 spiro atoms. The molecule has 2 aromatic heterocycles. The fourth-order valence-electron chi connectivity index (χ4n) is 2.46. The van der Waals surface area contributed by atoms with Gasteiger partial charge in [0.15, 0.2) is 0 Å². The van der Waals surface area contributed by atoms with E-state index in [-0.39, 0.29) is 0 Å². The molecule has 6 heteroatoms. The number of nitrogens with zero attached hydrogens (tertiary/aromatic N) is 4. The first kappa shape index (κ1) is 13.0. The van der Waals surface area contributed by atoms with Gasteiger partial charge in [-0.25, -0.2) is 4.98 Å². The van der Waals surface area contributed by atoms with Gasteiger partial charge >= 0.3 is 0 Å². The lowest BCUT2D eigenvalue weighted by Crippen LogP contribution is -2.44. The Hall–Kier alpha value is -2.03. The molecule has 0 unspecified atom stereocenters. The number of piperazine rings is 1. The van der Waals surface area contributed by atoms with Crippen LogP contribution in [0, 0.1) is 11.3 Å². The van der Waals surface area contributed by atoms with Gasteiger partial charge in [0.05, 0.1) is 11.3 Å². The third-order valence-corrected chi connectivity index (χ3v) is 3.59. The zero-order chi connectivity index (χ0) is 13.9. The minimum Gasteiger partial charge on any atom is -0.354 e. The number of hydrogen-bond donors (Lipinski definition) is 1. The van der Waals surface area contributed by atoms with Gasteiger partial charge in [-0.2, -0.15) is 5.26 Å². The third-order valence-electron chi connectivity index (χ3n) is 3.38. The minimum atomic E-state index is 0.445. The van der Waals surface area contributed by atoms with Crippen LogP contribution in [0.4, 0.5) is 5.82 Å². The summed E-state index contributed by atoms with van der Waals surface area (Å²) in [7, 11) is 0. The molecule has 102 valence electrons. The summed E-state index contributed by atoms with van der Waals surface area (Å²) in [5.74, 6) is 0.927. The molecule has 2 aromatic rings. The standard InChI is InChI=1S/C14H14ClN5/c15-13-9-12(1-3-18-13)20-6-2-11(10-16)14(20)19-7-4-17-5-8-19/h1-3,6,9,17H,4-5,7-8H2. The molecule has 1 fully saturated rings. The Morgan fingerprint density at radius 1 is 1.30 bits per heavy atom. The monoisotopic (exact) mass is 287 g/mol. The van der Waals surface area contributed by atoms with E-state index in [4.69, 9.17) is 11.6 Å². The van der Waals surface area contributed by atoms with E-state index in [9.17, 15) is 5.26 Å². The van der Waals surface area contributed by atoms with Gasteiger partial charge in [-0.05, 0) is 18.2 Å². The van der Waals surface area contributed by atoms with E-state index in [0.29, 0.717) is 10.7 Å². The molecule has 1 N–H and O–H groups in total. The Morgan fingerprint density at radius 2 is 2.10 bits per heavy atom. The zero-order valence-electron chi connectivity index (χ0n) is 10.9. The van der Waals surface area contributed by atoms with Crippen LogP contribution in [0.2, 0.25) is 5.15 Å². The Kier molecular flexibility index (Phi) is 3.59. The number of rotatable bonds is 2. The van der Waals surface area contributed by atoms with Crippen molar-refractivity contribution >= 4 is 17.4 Å². The molecule has 0 saturated carbocycles. The maximum absolute atomic E-state index is 9.32. The van der Waals surface area contributed by atoms with E-state index in [1.807, 2.05) is 22.9 Å². The Bertz CT molecular complexity index is 652. The van der Waals surface area contributed by atoms with Crippen molar-refractivity contribution in [1.29, 1.82) is 5.26 Å². The van der Waals surface area contributed by atoms with Crippen LogP contribution in [0.15, 0.2) is 30.6 Å². The molecule has 5 nitrogen and oxygen atoms in total. The molecule has 0 aromatic carbocycles. The summed E-state index contributed by atoms with van der Waals surface area (Å²) in [5, 5.41) is 13.1. The van der Waals surface area contributed by atoms with Crippen molar-refractivity contribution in [2.24, 2.45) is 0 Å². The Labute approximate surface area is 122 Å². The van der Waals surface area contributed by atoms with Gasteiger partial charge in [0, 0.05) is 38.6 Å². The highest BCUT2D eigenvalue weighted by molar-refractivity contribution is 6.29. The van der Waals surface area contributed by atoms with Gasteiger partial charge in [0.2, 0.25) is 0 Å². The second-order valence-electron chi connectivity index (χ2n) is 4.61. The first-order valence-electron chi connectivity index (χ1n) is 6.48. The predicted molar refractivity (Wildman–Crippen MR) is 78.4 cm³/mol. The third kappa shape index (κ3) is 2.36. The van der Waals surface area contributed by atoms with Crippen molar-refractivity contribution in [1.82, 2.24) is 14.9 Å². The smallest absolute Gasteiger partial charge is 0.131 e. The van der Waals surface area contributed by atoms with Gasteiger partial charge in [0.25, 0.3) is 0 Å². The molecule has 0 radical (unpaired) electrons. The van der Waals surface area contributed by atoms with E-state index >= 15 is 0 Å². The summed E-state index contributed by atoms with van der Waals surface area (Å²) in [6.07, 6.45) is 3.58. The Balaban J connectivity index is 2.07. The van der Waals surface area contributed by atoms with Crippen molar-refractivity contribution in [2.45, 2.75) is 0 Å². The van der Waals surface area contributed by atoms with Crippen LogP contribution in [-0.4, -0.2) is 35.7 Å².